The topological polar surface area (TPSA) is 98.2 Å². The minimum absolute atomic E-state index is 0.00789. The summed E-state index contributed by atoms with van der Waals surface area (Å²) in [7, 11) is 3.03. The first-order chi connectivity index (χ1) is 14.5. The van der Waals surface area contributed by atoms with E-state index in [1.54, 1.807) is 30.3 Å². The maximum atomic E-state index is 12.9. The van der Waals surface area contributed by atoms with E-state index < -0.39 is 17.7 Å². The molecule has 1 unspecified atom stereocenters. The van der Waals surface area contributed by atoms with E-state index in [2.05, 4.69) is 4.98 Å². The molecule has 3 rings (SSSR count). The standard InChI is InChI=1S/C22H24N2O6/c1-4-30-16-6-5-15(13-17(16)29-3)19-18(20(25)14-7-9-23-10-8-14)21(26)22(27)24(19)11-12-28-2/h5-10,13,19,25H,4,11-12H2,1-3H3/b20-18+. The third-order valence-corrected chi connectivity index (χ3v) is 4.83. The maximum Gasteiger partial charge on any atom is 0.295 e. The summed E-state index contributed by atoms with van der Waals surface area (Å²) < 4.78 is 16.1. The number of hydrogen-bond acceptors (Lipinski definition) is 7. The van der Waals surface area contributed by atoms with Crippen LogP contribution in [0.4, 0.5) is 0 Å². The number of carbonyl (C=O) groups excluding carboxylic acids is 2. The SMILES string of the molecule is CCOc1ccc(C2/C(=C(\O)c3ccncc3)C(=O)C(=O)N2CCOC)cc1OC. The lowest BCUT2D eigenvalue weighted by Crippen LogP contribution is -2.32. The Morgan fingerprint density at radius 3 is 2.50 bits per heavy atom. The minimum Gasteiger partial charge on any atom is -0.507 e. The van der Waals surface area contributed by atoms with Crippen LogP contribution in [0.25, 0.3) is 5.76 Å². The second-order valence-corrected chi connectivity index (χ2v) is 6.56. The van der Waals surface area contributed by atoms with Gasteiger partial charge < -0.3 is 24.2 Å². The van der Waals surface area contributed by atoms with E-state index in [9.17, 15) is 14.7 Å². The number of pyridine rings is 1. The summed E-state index contributed by atoms with van der Waals surface area (Å²) in [6.07, 6.45) is 3.01. The van der Waals surface area contributed by atoms with Crippen molar-refractivity contribution in [3.63, 3.8) is 0 Å². The Morgan fingerprint density at radius 2 is 1.87 bits per heavy atom. The first-order valence-electron chi connectivity index (χ1n) is 9.51. The van der Waals surface area contributed by atoms with Crippen molar-refractivity contribution >= 4 is 17.4 Å². The summed E-state index contributed by atoms with van der Waals surface area (Å²) >= 11 is 0. The third-order valence-electron chi connectivity index (χ3n) is 4.83. The molecule has 2 heterocycles. The Morgan fingerprint density at radius 1 is 1.13 bits per heavy atom. The quantitative estimate of drug-likeness (QED) is 0.404. The summed E-state index contributed by atoms with van der Waals surface area (Å²) in [6, 6.07) is 7.55. The molecule has 1 N–H and O–H groups in total. The van der Waals surface area contributed by atoms with Crippen molar-refractivity contribution in [2.45, 2.75) is 13.0 Å². The van der Waals surface area contributed by atoms with Crippen molar-refractivity contribution < 1.29 is 28.9 Å². The molecule has 1 aliphatic heterocycles. The number of carbonyl (C=O) groups is 2. The first-order valence-corrected chi connectivity index (χ1v) is 9.51. The van der Waals surface area contributed by atoms with Crippen LogP contribution in [0, 0.1) is 0 Å². The smallest absolute Gasteiger partial charge is 0.295 e. The number of methoxy groups -OCH3 is 2. The van der Waals surface area contributed by atoms with Crippen LogP contribution in [-0.4, -0.2) is 60.7 Å². The normalized spacial score (nSPS) is 18.0. The lowest BCUT2D eigenvalue weighted by molar-refractivity contribution is -0.140. The number of benzene rings is 1. The Bertz CT molecular complexity index is 957. The molecule has 1 fully saturated rings. The third kappa shape index (κ3) is 3.99. The summed E-state index contributed by atoms with van der Waals surface area (Å²) in [5, 5.41) is 10.9. The monoisotopic (exact) mass is 412 g/mol. The van der Waals surface area contributed by atoms with Crippen LogP contribution in [0.5, 0.6) is 11.5 Å². The molecule has 1 aromatic carbocycles. The fourth-order valence-corrected chi connectivity index (χ4v) is 3.44. The highest BCUT2D eigenvalue weighted by molar-refractivity contribution is 6.46. The van der Waals surface area contributed by atoms with E-state index in [1.807, 2.05) is 6.92 Å². The van der Waals surface area contributed by atoms with Crippen LogP contribution in [-0.2, 0) is 14.3 Å². The van der Waals surface area contributed by atoms with Gasteiger partial charge in [-0.2, -0.15) is 0 Å². The van der Waals surface area contributed by atoms with Gasteiger partial charge >= 0.3 is 0 Å². The predicted molar refractivity (Wildman–Crippen MR) is 109 cm³/mol. The Hall–Kier alpha value is -3.39. The fraction of sp³-hybridized carbons (Fsp3) is 0.318. The number of aliphatic hydroxyl groups excluding tert-OH is 1. The molecule has 2 aromatic rings. The Balaban J connectivity index is 2.16. The second-order valence-electron chi connectivity index (χ2n) is 6.56. The van der Waals surface area contributed by atoms with E-state index in [4.69, 9.17) is 14.2 Å². The molecule has 8 heteroatoms. The molecule has 0 radical (unpaired) electrons. The molecule has 1 amide bonds. The second kappa shape index (κ2) is 9.41. The first kappa shape index (κ1) is 21.3. The highest BCUT2D eigenvalue weighted by Gasteiger charge is 2.46. The van der Waals surface area contributed by atoms with E-state index in [-0.39, 0.29) is 24.5 Å². The number of rotatable bonds is 8. The number of Topliss-reactive ketones (excluding diaryl/α,β-unsaturated/α-hetero) is 1. The Kier molecular flexibility index (Phi) is 6.68. The highest BCUT2D eigenvalue weighted by Crippen LogP contribution is 2.41. The molecule has 0 aliphatic carbocycles. The number of aliphatic hydroxyl groups is 1. The van der Waals surface area contributed by atoms with Crippen LogP contribution in [0.15, 0.2) is 48.3 Å². The summed E-state index contributed by atoms with van der Waals surface area (Å²) in [4.78, 5) is 31.0. The average Bonchev–Trinajstić information content (AvgIpc) is 3.03. The summed E-state index contributed by atoms with van der Waals surface area (Å²) in [5.41, 5.74) is 1.02. The van der Waals surface area contributed by atoms with E-state index >= 15 is 0 Å². The number of amides is 1. The van der Waals surface area contributed by atoms with E-state index in [0.717, 1.165) is 0 Å². The van der Waals surface area contributed by atoms with Crippen LogP contribution in [0.2, 0.25) is 0 Å². The van der Waals surface area contributed by atoms with Gasteiger partial charge in [-0.1, -0.05) is 6.07 Å². The van der Waals surface area contributed by atoms with Crippen molar-refractivity contribution in [1.82, 2.24) is 9.88 Å². The van der Waals surface area contributed by atoms with E-state index in [0.29, 0.717) is 29.2 Å². The largest absolute Gasteiger partial charge is 0.507 e. The molecular formula is C22H24N2O6. The molecule has 1 aromatic heterocycles. The molecule has 0 bridgehead atoms. The molecule has 0 spiro atoms. The number of likely N-dealkylation sites (tertiary alicyclic amines) is 1. The molecule has 0 saturated carbocycles. The van der Waals surface area contributed by atoms with Gasteiger partial charge in [0, 0.05) is 31.6 Å². The molecule has 1 atom stereocenters. The maximum absolute atomic E-state index is 12.9. The molecule has 1 saturated heterocycles. The Labute approximate surface area is 174 Å². The van der Waals surface area contributed by atoms with Gasteiger partial charge in [0.25, 0.3) is 11.7 Å². The molecule has 30 heavy (non-hydrogen) atoms. The zero-order chi connectivity index (χ0) is 21.7. The predicted octanol–water partition coefficient (Wildman–Crippen LogP) is 2.56. The van der Waals surface area contributed by atoms with Gasteiger partial charge in [-0.3, -0.25) is 14.6 Å². The van der Waals surface area contributed by atoms with Crippen LogP contribution >= 0.6 is 0 Å². The zero-order valence-electron chi connectivity index (χ0n) is 17.1. The number of nitrogens with zero attached hydrogens (tertiary/aromatic N) is 2. The van der Waals surface area contributed by atoms with Gasteiger partial charge in [0.05, 0.1) is 31.9 Å². The summed E-state index contributed by atoms with van der Waals surface area (Å²) in [6.45, 7) is 2.76. The van der Waals surface area contributed by atoms with Crippen molar-refractivity contribution in [3.8, 4) is 11.5 Å². The van der Waals surface area contributed by atoms with Crippen molar-refractivity contribution in [2.24, 2.45) is 0 Å². The van der Waals surface area contributed by atoms with Crippen LogP contribution in [0.1, 0.15) is 24.1 Å². The highest BCUT2D eigenvalue weighted by atomic mass is 16.5. The summed E-state index contributed by atoms with van der Waals surface area (Å²) in [5.74, 6) is -0.686. The molecule has 158 valence electrons. The van der Waals surface area contributed by atoms with Crippen molar-refractivity contribution in [1.29, 1.82) is 0 Å². The van der Waals surface area contributed by atoms with Gasteiger partial charge in [0.1, 0.15) is 5.76 Å². The zero-order valence-corrected chi connectivity index (χ0v) is 17.1. The number of hydrogen-bond donors (Lipinski definition) is 1. The van der Waals surface area contributed by atoms with E-state index in [1.165, 1.54) is 31.5 Å². The van der Waals surface area contributed by atoms with Crippen molar-refractivity contribution in [2.75, 3.05) is 34.0 Å². The number of aromatic nitrogens is 1. The minimum atomic E-state index is -0.794. The lowest BCUT2D eigenvalue weighted by atomic mass is 9.95. The molecule has 8 nitrogen and oxygen atoms in total. The van der Waals surface area contributed by atoms with Gasteiger partial charge in [0.2, 0.25) is 0 Å². The molecule has 1 aliphatic rings. The lowest BCUT2D eigenvalue weighted by Gasteiger charge is -2.25. The van der Waals surface area contributed by atoms with Gasteiger partial charge in [0.15, 0.2) is 11.5 Å². The van der Waals surface area contributed by atoms with Gasteiger partial charge in [-0.05, 0) is 36.8 Å². The van der Waals surface area contributed by atoms with Crippen LogP contribution in [0.3, 0.4) is 0 Å². The van der Waals surface area contributed by atoms with Crippen LogP contribution < -0.4 is 9.47 Å². The van der Waals surface area contributed by atoms with Gasteiger partial charge in [-0.15, -0.1) is 0 Å². The fourth-order valence-electron chi connectivity index (χ4n) is 3.44. The average molecular weight is 412 g/mol. The number of ether oxygens (including phenoxy) is 3. The van der Waals surface area contributed by atoms with Gasteiger partial charge in [-0.25, -0.2) is 0 Å². The number of ketones is 1. The molecular weight excluding hydrogens is 388 g/mol. The van der Waals surface area contributed by atoms with Crippen molar-refractivity contribution in [3.05, 3.63) is 59.4 Å².